The average molecular weight is 337 g/mol. The second-order valence-corrected chi connectivity index (χ2v) is 7.49. The number of nitrogens with zero attached hydrogens (tertiary/aromatic N) is 1. The van der Waals surface area contributed by atoms with Crippen molar-refractivity contribution in [2.24, 2.45) is 0 Å². The van der Waals surface area contributed by atoms with E-state index in [9.17, 15) is 18.0 Å². The summed E-state index contributed by atoms with van der Waals surface area (Å²) in [6.45, 7) is 1.25. The van der Waals surface area contributed by atoms with Crippen LogP contribution in [0.15, 0.2) is 42.5 Å². The predicted molar refractivity (Wildman–Crippen MR) is 86.8 cm³/mol. The first kappa shape index (κ1) is 17.2. The third-order valence-electron chi connectivity index (χ3n) is 3.52. The normalized spacial score (nSPS) is 19.6. The Bertz CT molecular complexity index is 696. The van der Waals surface area contributed by atoms with Gasteiger partial charge in [-0.25, -0.2) is 13.2 Å². The quantitative estimate of drug-likeness (QED) is 0.598. The summed E-state index contributed by atoms with van der Waals surface area (Å²) in [5.74, 6) is -1.05. The Morgan fingerprint density at radius 3 is 2.57 bits per heavy atom. The van der Waals surface area contributed by atoms with E-state index < -0.39 is 34.4 Å². The molecule has 0 bridgehead atoms. The summed E-state index contributed by atoms with van der Waals surface area (Å²) in [6, 6.07) is 8.38. The van der Waals surface area contributed by atoms with Gasteiger partial charge in [0.1, 0.15) is 0 Å². The minimum Gasteiger partial charge on any atom is -0.452 e. The smallest absolute Gasteiger partial charge is 0.330 e. The second kappa shape index (κ2) is 7.41. The molecule has 2 rings (SSSR count). The van der Waals surface area contributed by atoms with Crippen molar-refractivity contribution >= 4 is 27.4 Å². The number of carbonyl (C=O) groups is 2. The first-order valence-corrected chi connectivity index (χ1v) is 9.12. The van der Waals surface area contributed by atoms with Crippen LogP contribution in [0.1, 0.15) is 13.3 Å². The molecule has 1 heterocycles. The minimum atomic E-state index is -3.13. The molecule has 0 saturated carbocycles. The molecular weight excluding hydrogens is 318 g/mol. The van der Waals surface area contributed by atoms with Gasteiger partial charge in [0, 0.05) is 11.8 Å². The largest absolute Gasteiger partial charge is 0.452 e. The Labute approximate surface area is 135 Å². The number of sulfone groups is 1. The highest BCUT2D eigenvalue weighted by atomic mass is 32.2. The van der Waals surface area contributed by atoms with Crippen LogP contribution < -0.4 is 4.90 Å². The third-order valence-corrected chi connectivity index (χ3v) is 5.27. The molecule has 1 aromatic carbocycles. The Hall–Kier alpha value is -2.15. The van der Waals surface area contributed by atoms with Gasteiger partial charge < -0.3 is 9.64 Å². The molecule has 6 nitrogen and oxygen atoms in total. The Morgan fingerprint density at radius 1 is 1.30 bits per heavy atom. The number of amides is 1. The summed E-state index contributed by atoms with van der Waals surface area (Å²) in [7, 11) is -3.13. The van der Waals surface area contributed by atoms with Crippen LogP contribution in [0.25, 0.3) is 0 Å². The van der Waals surface area contributed by atoms with E-state index in [1.165, 1.54) is 17.1 Å². The Morgan fingerprint density at radius 2 is 2.00 bits per heavy atom. The van der Waals surface area contributed by atoms with Crippen LogP contribution in [0, 0.1) is 0 Å². The topological polar surface area (TPSA) is 80.8 Å². The molecule has 1 atom stereocenters. The summed E-state index contributed by atoms with van der Waals surface area (Å²) in [5, 5.41) is 0. The molecule has 124 valence electrons. The van der Waals surface area contributed by atoms with Gasteiger partial charge in [-0.2, -0.15) is 0 Å². The van der Waals surface area contributed by atoms with Crippen LogP contribution >= 0.6 is 0 Å². The van der Waals surface area contributed by atoms with Crippen molar-refractivity contribution in [3.8, 4) is 0 Å². The molecule has 1 aliphatic heterocycles. The number of hydrogen-bond acceptors (Lipinski definition) is 5. The number of esters is 1. The van der Waals surface area contributed by atoms with E-state index in [4.69, 9.17) is 4.74 Å². The number of rotatable bonds is 5. The van der Waals surface area contributed by atoms with Crippen LogP contribution in [0.5, 0.6) is 0 Å². The number of benzene rings is 1. The first-order chi connectivity index (χ1) is 10.9. The molecule has 0 spiro atoms. The van der Waals surface area contributed by atoms with E-state index in [0.717, 1.165) is 0 Å². The van der Waals surface area contributed by atoms with E-state index in [1.54, 1.807) is 31.2 Å². The van der Waals surface area contributed by atoms with Crippen molar-refractivity contribution in [3.63, 3.8) is 0 Å². The maximum atomic E-state index is 12.5. The van der Waals surface area contributed by atoms with Gasteiger partial charge in [0.15, 0.2) is 16.4 Å². The van der Waals surface area contributed by atoms with Crippen molar-refractivity contribution < 1.29 is 22.7 Å². The molecule has 1 aliphatic rings. The molecule has 1 unspecified atom stereocenters. The van der Waals surface area contributed by atoms with Gasteiger partial charge >= 0.3 is 5.97 Å². The number of carbonyl (C=O) groups excluding carboxylic acids is 2. The molecule has 23 heavy (non-hydrogen) atoms. The lowest BCUT2D eigenvalue weighted by Gasteiger charge is -2.28. The molecular formula is C16H19NO5S. The van der Waals surface area contributed by atoms with Crippen molar-refractivity contribution in [2.75, 3.05) is 23.0 Å². The summed E-state index contributed by atoms with van der Waals surface area (Å²) >= 11 is 0. The number of anilines is 1. The summed E-state index contributed by atoms with van der Waals surface area (Å²) in [4.78, 5) is 25.3. The van der Waals surface area contributed by atoms with Gasteiger partial charge in [-0.1, -0.05) is 24.3 Å². The molecule has 0 N–H and O–H groups in total. The van der Waals surface area contributed by atoms with Crippen LogP contribution in [0.2, 0.25) is 0 Å². The summed E-state index contributed by atoms with van der Waals surface area (Å²) in [6.07, 6.45) is 3.12. The number of ether oxygens (including phenoxy) is 1. The zero-order valence-corrected chi connectivity index (χ0v) is 13.7. The fraction of sp³-hybridized carbons (Fsp3) is 0.375. The van der Waals surface area contributed by atoms with Crippen molar-refractivity contribution in [1.82, 2.24) is 0 Å². The van der Waals surface area contributed by atoms with Crippen molar-refractivity contribution in [1.29, 1.82) is 0 Å². The Balaban J connectivity index is 2.17. The van der Waals surface area contributed by atoms with E-state index in [0.29, 0.717) is 12.1 Å². The molecule has 0 aromatic heterocycles. The SMILES string of the molecule is CC=CC(=O)OCC(=O)N(c1ccccc1)C1CCS(=O)(=O)C1. The lowest BCUT2D eigenvalue weighted by atomic mass is 10.2. The van der Waals surface area contributed by atoms with Gasteiger partial charge in [0.2, 0.25) is 0 Å². The highest BCUT2D eigenvalue weighted by Crippen LogP contribution is 2.24. The highest BCUT2D eigenvalue weighted by molar-refractivity contribution is 7.91. The van der Waals surface area contributed by atoms with E-state index in [2.05, 4.69) is 0 Å². The Kier molecular flexibility index (Phi) is 5.54. The summed E-state index contributed by atoms with van der Waals surface area (Å²) < 4.78 is 28.3. The second-order valence-electron chi connectivity index (χ2n) is 5.26. The van der Waals surface area contributed by atoms with Crippen molar-refractivity contribution in [2.45, 2.75) is 19.4 Å². The number of allylic oxidation sites excluding steroid dienone is 1. The highest BCUT2D eigenvalue weighted by Gasteiger charge is 2.35. The fourth-order valence-electron chi connectivity index (χ4n) is 2.51. The third kappa shape index (κ3) is 4.66. The number of para-hydroxylation sites is 1. The fourth-order valence-corrected chi connectivity index (χ4v) is 4.21. The molecule has 0 aliphatic carbocycles. The van der Waals surface area contributed by atoms with E-state index in [1.807, 2.05) is 6.07 Å². The van der Waals surface area contributed by atoms with Crippen molar-refractivity contribution in [3.05, 3.63) is 42.5 Å². The maximum absolute atomic E-state index is 12.5. The monoisotopic (exact) mass is 337 g/mol. The lowest BCUT2D eigenvalue weighted by Crippen LogP contribution is -2.43. The van der Waals surface area contributed by atoms with Gasteiger partial charge in [-0.15, -0.1) is 0 Å². The minimum absolute atomic E-state index is 0.0621. The molecule has 1 amide bonds. The van der Waals surface area contributed by atoms with Crippen LogP contribution in [-0.4, -0.2) is 44.4 Å². The van der Waals surface area contributed by atoms with Gasteiger partial charge in [0.05, 0.1) is 17.5 Å². The van der Waals surface area contributed by atoms with Crippen LogP contribution in [0.4, 0.5) is 5.69 Å². The molecule has 0 radical (unpaired) electrons. The first-order valence-electron chi connectivity index (χ1n) is 7.30. The lowest BCUT2D eigenvalue weighted by molar-refractivity contribution is -0.143. The molecule has 7 heteroatoms. The predicted octanol–water partition coefficient (Wildman–Crippen LogP) is 1.33. The molecule has 1 fully saturated rings. The van der Waals surface area contributed by atoms with Gasteiger partial charge in [-0.3, -0.25) is 4.79 Å². The van der Waals surface area contributed by atoms with Crippen LogP contribution in [-0.2, 0) is 24.2 Å². The van der Waals surface area contributed by atoms with Crippen LogP contribution in [0.3, 0.4) is 0 Å². The molecule has 1 saturated heterocycles. The zero-order valence-electron chi connectivity index (χ0n) is 12.8. The zero-order chi connectivity index (χ0) is 16.9. The maximum Gasteiger partial charge on any atom is 0.330 e. The van der Waals surface area contributed by atoms with E-state index >= 15 is 0 Å². The standard InChI is InChI=1S/C16H19NO5S/c1-2-6-16(19)22-11-15(18)17(13-7-4-3-5-8-13)14-9-10-23(20,21)12-14/h2-8,14H,9-12H2,1H3. The van der Waals surface area contributed by atoms with Gasteiger partial charge in [0.25, 0.3) is 5.91 Å². The average Bonchev–Trinajstić information content (AvgIpc) is 2.86. The van der Waals surface area contributed by atoms with E-state index in [-0.39, 0.29) is 11.5 Å². The summed E-state index contributed by atoms with van der Waals surface area (Å²) in [5.41, 5.74) is 0.599. The van der Waals surface area contributed by atoms with Gasteiger partial charge in [-0.05, 0) is 25.5 Å². The number of hydrogen-bond donors (Lipinski definition) is 0. The molecule has 1 aromatic rings.